The molecule has 0 bridgehead atoms. The fourth-order valence-corrected chi connectivity index (χ4v) is 1.88. The molecule has 2 N–H and O–H groups in total. The van der Waals surface area contributed by atoms with Crippen molar-refractivity contribution >= 4 is 0 Å². The predicted octanol–water partition coefficient (Wildman–Crippen LogP) is 0.862. The first kappa shape index (κ1) is 10.9. The molecule has 0 spiro atoms. The summed E-state index contributed by atoms with van der Waals surface area (Å²) in [5.41, 5.74) is 8.10. The Kier molecular flexibility index (Phi) is 2.78. The normalized spacial score (nSPS) is 15.0. The van der Waals surface area contributed by atoms with E-state index < -0.39 is 0 Å². The van der Waals surface area contributed by atoms with Gasteiger partial charge in [0.2, 0.25) is 0 Å². The van der Waals surface area contributed by atoms with Gasteiger partial charge < -0.3 is 5.73 Å². The maximum absolute atomic E-state index is 6.02. The second-order valence-electron chi connectivity index (χ2n) is 4.19. The molecule has 0 fully saturated rings. The molecule has 0 saturated heterocycles. The summed E-state index contributed by atoms with van der Waals surface area (Å²) in [4.78, 5) is 0. The van der Waals surface area contributed by atoms with Gasteiger partial charge in [0.25, 0.3) is 0 Å². The van der Waals surface area contributed by atoms with E-state index in [2.05, 4.69) is 10.2 Å². The zero-order valence-corrected chi connectivity index (χ0v) is 9.83. The molecule has 16 heavy (non-hydrogen) atoms. The Morgan fingerprint density at radius 2 is 2.19 bits per heavy atom. The van der Waals surface area contributed by atoms with Gasteiger partial charge in [0.15, 0.2) is 0 Å². The quantitative estimate of drug-likeness (QED) is 0.833. The molecule has 0 radical (unpaired) electrons. The molecule has 5 nitrogen and oxygen atoms in total. The zero-order chi connectivity index (χ0) is 11.7. The summed E-state index contributed by atoms with van der Waals surface area (Å²) < 4.78 is 3.68. The Labute approximate surface area is 94.9 Å². The number of nitrogens with zero attached hydrogens (tertiary/aromatic N) is 4. The summed E-state index contributed by atoms with van der Waals surface area (Å²) in [7, 11) is 1.90. The number of rotatable bonds is 3. The molecule has 2 aromatic rings. The lowest BCUT2D eigenvalue weighted by atomic mass is 10.1. The SMILES string of the molecule is Cc1ccn(C(c2cnn(C)c2)C(C)N)n1. The maximum atomic E-state index is 6.02. The van der Waals surface area contributed by atoms with Crippen LogP contribution in [0.5, 0.6) is 0 Å². The van der Waals surface area contributed by atoms with E-state index in [0.717, 1.165) is 11.3 Å². The molecule has 0 saturated carbocycles. The Morgan fingerprint density at radius 3 is 2.62 bits per heavy atom. The largest absolute Gasteiger partial charge is 0.326 e. The van der Waals surface area contributed by atoms with E-state index in [-0.39, 0.29) is 12.1 Å². The molecule has 2 heterocycles. The molecule has 5 heteroatoms. The van der Waals surface area contributed by atoms with Crippen LogP contribution in [0.2, 0.25) is 0 Å². The van der Waals surface area contributed by atoms with Crippen LogP contribution in [-0.4, -0.2) is 25.6 Å². The summed E-state index contributed by atoms with van der Waals surface area (Å²) in [5, 5.41) is 8.59. The summed E-state index contributed by atoms with van der Waals surface area (Å²) >= 11 is 0. The van der Waals surface area contributed by atoms with Gasteiger partial charge in [-0.05, 0) is 19.9 Å². The highest BCUT2D eigenvalue weighted by Gasteiger charge is 2.20. The lowest BCUT2D eigenvalue weighted by molar-refractivity contribution is 0.452. The van der Waals surface area contributed by atoms with Gasteiger partial charge in [-0.1, -0.05) is 0 Å². The minimum absolute atomic E-state index is 0.0106. The lowest BCUT2D eigenvalue weighted by Gasteiger charge is -2.19. The van der Waals surface area contributed by atoms with Crippen molar-refractivity contribution in [1.29, 1.82) is 0 Å². The van der Waals surface area contributed by atoms with Gasteiger partial charge in [-0.25, -0.2) is 0 Å². The van der Waals surface area contributed by atoms with Gasteiger partial charge in [0, 0.05) is 31.0 Å². The molecule has 0 amide bonds. The first-order chi connectivity index (χ1) is 7.58. The minimum atomic E-state index is -0.0106. The fourth-order valence-electron chi connectivity index (χ4n) is 1.88. The third-order valence-electron chi connectivity index (χ3n) is 2.59. The van der Waals surface area contributed by atoms with E-state index >= 15 is 0 Å². The summed E-state index contributed by atoms with van der Waals surface area (Å²) in [5.74, 6) is 0. The monoisotopic (exact) mass is 219 g/mol. The second kappa shape index (κ2) is 4.09. The fraction of sp³-hybridized carbons (Fsp3) is 0.455. The third-order valence-corrected chi connectivity index (χ3v) is 2.59. The van der Waals surface area contributed by atoms with Gasteiger partial charge in [0.05, 0.1) is 17.9 Å². The average Bonchev–Trinajstić information content (AvgIpc) is 2.76. The van der Waals surface area contributed by atoms with Crippen LogP contribution in [0.15, 0.2) is 24.7 Å². The van der Waals surface area contributed by atoms with E-state index in [1.807, 2.05) is 50.2 Å². The van der Waals surface area contributed by atoms with E-state index in [9.17, 15) is 0 Å². The number of aromatic nitrogens is 4. The van der Waals surface area contributed by atoms with Crippen LogP contribution in [0.25, 0.3) is 0 Å². The molecule has 0 aliphatic heterocycles. The molecule has 86 valence electrons. The molecule has 2 aromatic heterocycles. The lowest BCUT2D eigenvalue weighted by Crippen LogP contribution is -2.30. The molecular formula is C11H17N5. The molecule has 0 aliphatic carbocycles. The van der Waals surface area contributed by atoms with Gasteiger partial charge in [0.1, 0.15) is 0 Å². The van der Waals surface area contributed by atoms with E-state index in [1.54, 1.807) is 4.68 Å². The summed E-state index contributed by atoms with van der Waals surface area (Å²) in [6, 6.07) is 2.01. The van der Waals surface area contributed by atoms with Crippen LogP contribution < -0.4 is 5.73 Å². The van der Waals surface area contributed by atoms with E-state index in [4.69, 9.17) is 5.73 Å². The first-order valence-electron chi connectivity index (χ1n) is 5.34. The summed E-state index contributed by atoms with van der Waals surface area (Å²) in [6.07, 6.45) is 5.77. The Bertz CT molecular complexity index is 428. The van der Waals surface area contributed by atoms with Crippen molar-refractivity contribution in [2.24, 2.45) is 12.8 Å². The Hall–Kier alpha value is -1.62. The van der Waals surface area contributed by atoms with Crippen molar-refractivity contribution in [3.63, 3.8) is 0 Å². The standard InChI is InChI=1S/C11H17N5/c1-8-4-5-16(14-8)11(9(2)12)10-6-13-15(3)7-10/h4-7,9,11H,12H2,1-3H3. The minimum Gasteiger partial charge on any atom is -0.326 e. The van der Waals surface area contributed by atoms with Crippen LogP contribution >= 0.6 is 0 Å². The van der Waals surface area contributed by atoms with Gasteiger partial charge in [-0.3, -0.25) is 9.36 Å². The van der Waals surface area contributed by atoms with Crippen molar-refractivity contribution in [2.75, 3.05) is 0 Å². The highest BCUT2D eigenvalue weighted by atomic mass is 15.3. The first-order valence-corrected chi connectivity index (χ1v) is 5.34. The van der Waals surface area contributed by atoms with Gasteiger partial charge in [-0.15, -0.1) is 0 Å². The van der Waals surface area contributed by atoms with Gasteiger partial charge >= 0.3 is 0 Å². The molecule has 2 unspecified atom stereocenters. The van der Waals surface area contributed by atoms with Crippen LogP contribution in [0, 0.1) is 6.92 Å². The topological polar surface area (TPSA) is 61.7 Å². The predicted molar refractivity (Wildman–Crippen MR) is 62.0 cm³/mol. The van der Waals surface area contributed by atoms with Crippen LogP contribution in [0.3, 0.4) is 0 Å². The number of hydrogen-bond acceptors (Lipinski definition) is 3. The van der Waals surface area contributed by atoms with Crippen LogP contribution in [-0.2, 0) is 7.05 Å². The van der Waals surface area contributed by atoms with Crippen molar-refractivity contribution in [1.82, 2.24) is 19.6 Å². The highest BCUT2D eigenvalue weighted by molar-refractivity contribution is 5.14. The second-order valence-corrected chi connectivity index (χ2v) is 4.19. The van der Waals surface area contributed by atoms with Gasteiger partial charge in [-0.2, -0.15) is 10.2 Å². The zero-order valence-electron chi connectivity index (χ0n) is 9.83. The molecule has 0 aromatic carbocycles. The average molecular weight is 219 g/mol. The molecule has 2 atom stereocenters. The molecule has 2 rings (SSSR count). The molecular weight excluding hydrogens is 202 g/mol. The highest BCUT2D eigenvalue weighted by Crippen LogP contribution is 2.19. The van der Waals surface area contributed by atoms with Crippen molar-refractivity contribution in [2.45, 2.75) is 25.9 Å². The Balaban J connectivity index is 2.38. The third kappa shape index (κ3) is 1.99. The smallest absolute Gasteiger partial charge is 0.0946 e. The molecule has 0 aliphatic rings. The van der Waals surface area contributed by atoms with Crippen molar-refractivity contribution in [3.8, 4) is 0 Å². The number of nitrogens with two attached hydrogens (primary N) is 1. The summed E-state index contributed by atoms with van der Waals surface area (Å²) in [6.45, 7) is 3.95. The Morgan fingerprint density at radius 1 is 1.44 bits per heavy atom. The van der Waals surface area contributed by atoms with Crippen molar-refractivity contribution in [3.05, 3.63) is 35.9 Å². The maximum Gasteiger partial charge on any atom is 0.0946 e. The van der Waals surface area contributed by atoms with E-state index in [0.29, 0.717) is 0 Å². The van der Waals surface area contributed by atoms with Crippen LogP contribution in [0.1, 0.15) is 24.2 Å². The number of hydrogen-bond donors (Lipinski definition) is 1. The van der Waals surface area contributed by atoms with E-state index in [1.165, 1.54) is 0 Å². The van der Waals surface area contributed by atoms with Crippen molar-refractivity contribution < 1.29 is 0 Å². The number of aryl methyl sites for hydroxylation is 2. The van der Waals surface area contributed by atoms with Crippen LogP contribution in [0.4, 0.5) is 0 Å².